The highest BCUT2D eigenvalue weighted by Gasteiger charge is 2.36. The van der Waals surface area contributed by atoms with Crippen molar-refractivity contribution >= 4 is 29.2 Å². The lowest BCUT2D eigenvalue weighted by Gasteiger charge is -2.27. The molecule has 0 bridgehead atoms. The number of aromatic nitrogens is 4. The van der Waals surface area contributed by atoms with Gasteiger partial charge in [-0.15, -0.1) is 0 Å². The van der Waals surface area contributed by atoms with E-state index in [-0.39, 0.29) is 17.3 Å². The van der Waals surface area contributed by atoms with E-state index in [1.165, 1.54) is 10.9 Å². The van der Waals surface area contributed by atoms with E-state index in [0.717, 1.165) is 18.5 Å². The molecule has 0 aromatic carbocycles. The maximum atomic E-state index is 12.9. The number of rotatable bonds is 6. The third-order valence-corrected chi connectivity index (χ3v) is 5.52. The standard InChI is InChI=1S/C19H26N6O4/c1-4-25-16(18(27)22-14-9-20-24(3)11(14)2)15(10-21-25)23-17(26)12-7-5-6-8-13(12)19(28)29/h9-10,12-13H,4-8H2,1-3H3,(H,22,27)(H,23,26)(H,28,29). The topological polar surface area (TPSA) is 131 Å². The Hall–Kier alpha value is -3.17. The van der Waals surface area contributed by atoms with E-state index in [1.54, 1.807) is 17.9 Å². The number of hydrogen-bond acceptors (Lipinski definition) is 5. The van der Waals surface area contributed by atoms with Gasteiger partial charge < -0.3 is 15.7 Å². The van der Waals surface area contributed by atoms with Gasteiger partial charge in [0.05, 0.1) is 41.3 Å². The molecular formula is C19H26N6O4. The molecule has 10 nitrogen and oxygen atoms in total. The number of carboxylic acid groups (broad SMARTS) is 1. The van der Waals surface area contributed by atoms with Gasteiger partial charge in [0.2, 0.25) is 5.91 Å². The van der Waals surface area contributed by atoms with Crippen LogP contribution >= 0.6 is 0 Å². The Morgan fingerprint density at radius 1 is 1.10 bits per heavy atom. The van der Waals surface area contributed by atoms with E-state index in [4.69, 9.17) is 0 Å². The number of nitrogens with zero attached hydrogens (tertiary/aromatic N) is 4. The second kappa shape index (κ2) is 8.46. The molecule has 156 valence electrons. The highest BCUT2D eigenvalue weighted by Crippen LogP contribution is 2.31. The van der Waals surface area contributed by atoms with Crippen molar-refractivity contribution in [3.05, 3.63) is 23.8 Å². The number of anilines is 2. The normalized spacial score (nSPS) is 19.0. The Morgan fingerprint density at radius 2 is 1.76 bits per heavy atom. The first-order chi connectivity index (χ1) is 13.8. The summed E-state index contributed by atoms with van der Waals surface area (Å²) in [6.45, 7) is 4.11. The van der Waals surface area contributed by atoms with Crippen LogP contribution in [0.15, 0.2) is 12.4 Å². The minimum Gasteiger partial charge on any atom is -0.481 e. The van der Waals surface area contributed by atoms with Crippen LogP contribution in [0.4, 0.5) is 11.4 Å². The number of nitrogens with one attached hydrogen (secondary N) is 2. The summed E-state index contributed by atoms with van der Waals surface area (Å²) in [6, 6.07) is 0. The minimum absolute atomic E-state index is 0.215. The Morgan fingerprint density at radius 3 is 2.34 bits per heavy atom. The van der Waals surface area contributed by atoms with Crippen molar-refractivity contribution in [1.29, 1.82) is 0 Å². The molecule has 2 aromatic rings. The number of carbonyl (C=O) groups excluding carboxylic acids is 2. The molecule has 2 heterocycles. The van der Waals surface area contributed by atoms with Crippen molar-refractivity contribution in [2.45, 2.75) is 46.1 Å². The highest BCUT2D eigenvalue weighted by molar-refractivity contribution is 6.09. The fraction of sp³-hybridized carbons (Fsp3) is 0.526. The average molecular weight is 402 g/mol. The molecule has 2 aromatic heterocycles. The zero-order valence-electron chi connectivity index (χ0n) is 16.8. The Balaban J connectivity index is 1.82. The van der Waals surface area contributed by atoms with Crippen LogP contribution in [0.2, 0.25) is 0 Å². The molecule has 0 spiro atoms. The number of carbonyl (C=O) groups is 3. The van der Waals surface area contributed by atoms with Gasteiger partial charge in [-0.05, 0) is 26.7 Å². The van der Waals surface area contributed by atoms with Crippen molar-refractivity contribution < 1.29 is 19.5 Å². The van der Waals surface area contributed by atoms with Gasteiger partial charge in [-0.2, -0.15) is 10.2 Å². The molecule has 1 aliphatic carbocycles. The number of aliphatic carboxylic acids is 1. The molecule has 2 unspecified atom stereocenters. The first-order valence-electron chi connectivity index (χ1n) is 9.72. The fourth-order valence-electron chi connectivity index (χ4n) is 3.72. The summed E-state index contributed by atoms with van der Waals surface area (Å²) in [7, 11) is 1.77. The molecule has 0 radical (unpaired) electrons. The highest BCUT2D eigenvalue weighted by atomic mass is 16.4. The zero-order valence-corrected chi connectivity index (χ0v) is 16.8. The van der Waals surface area contributed by atoms with Gasteiger partial charge in [0.15, 0.2) is 0 Å². The monoisotopic (exact) mass is 402 g/mol. The van der Waals surface area contributed by atoms with E-state index in [9.17, 15) is 19.5 Å². The first kappa shape index (κ1) is 20.6. The summed E-state index contributed by atoms with van der Waals surface area (Å²) < 4.78 is 3.14. The second-order valence-electron chi connectivity index (χ2n) is 7.27. The summed E-state index contributed by atoms with van der Waals surface area (Å²) in [5.74, 6) is -3.10. The maximum Gasteiger partial charge on any atom is 0.307 e. The Kier molecular flexibility index (Phi) is 6.00. The summed E-state index contributed by atoms with van der Waals surface area (Å²) in [5, 5.41) is 23.3. The molecule has 1 aliphatic rings. The van der Waals surface area contributed by atoms with E-state index in [0.29, 0.717) is 25.1 Å². The van der Waals surface area contributed by atoms with Crippen molar-refractivity contribution in [3.8, 4) is 0 Å². The predicted octanol–water partition coefficient (Wildman–Crippen LogP) is 2.03. The van der Waals surface area contributed by atoms with Gasteiger partial charge in [-0.3, -0.25) is 23.7 Å². The van der Waals surface area contributed by atoms with Crippen LogP contribution < -0.4 is 10.6 Å². The van der Waals surface area contributed by atoms with Crippen LogP contribution in [-0.2, 0) is 23.2 Å². The minimum atomic E-state index is -0.959. The molecule has 3 N–H and O–H groups in total. The second-order valence-corrected chi connectivity index (χ2v) is 7.27. The van der Waals surface area contributed by atoms with E-state index >= 15 is 0 Å². The van der Waals surface area contributed by atoms with Crippen LogP contribution in [-0.4, -0.2) is 42.5 Å². The lowest BCUT2D eigenvalue weighted by molar-refractivity contribution is -0.147. The Bertz CT molecular complexity index is 931. The van der Waals surface area contributed by atoms with Gasteiger partial charge in [0, 0.05) is 13.6 Å². The molecule has 1 fully saturated rings. The molecule has 29 heavy (non-hydrogen) atoms. The van der Waals surface area contributed by atoms with Crippen molar-refractivity contribution in [3.63, 3.8) is 0 Å². The third kappa shape index (κ3) is 4.15. The molecular weight excluding hydrogens is 376 g/mol. The molecule has 3 rings (SSSR count). The number of amides is 2. The zero-order chi connectivity index (χ0) is 21.1. The number of hydrogen-bond donors (Lipinski definition) is 3. The largest absolute Gasteiger partial charge is 0.481 e. The number of carboxylic acids is 1. The molecule has 1 saturated carbocycles. The third-order valence-electron chi connectivity index (χ3n) is 5.52. The summed E-state index contributed by atoms with van der Waals surface area (Å²) in [4.78, 5) is 37.2. The Labute approximate surface area is 168 Å². The lowest BCUT2D eigenvalue weighted by atomic mass is 9.78. The molecule has 0 aliphatic heterocycles. The number of aryl methyl sites for hydroxylation is 2. The van der Waals surface area contributed by atoms with Crippen LogP contribution in [0.5, 0.6) is 0 Å². The van der Waals surface area contributed by atoms with Crippen LogP contribution in [0.25, 0.3) is 0 Å². The van der Waals surface area contributed by atoms with Gasteiger partial charge in [0.25, 0.3) is 5.91 Å². The maximum absolute atomic E-state index is 12.9. The molecule has 0 saturated heterocycles. The van der Waals surface area contributed by atoms with E-state index < -0.39 is 23.7 Å². The SMILES string of the molecule is CCn1ncc(NC(=O)C2CCCCC2C(=O)O)c1C(=O)Nc1cnn(C)c1C. The molecule has 2 atom stereocenters. The van der Waals surface area contributed by atoms with Gasteiger partial charge in [-0.1, -0.05) is 12.8 Å². The smallest absolute Gasteiger partial charge is 0.307 e. The predicted molar refractivity (Wildman–Crippen MR) is 106 cm³/mol. The summed E-state index contributed by atoms with van der Waals surface area (Å²) in [5.41, 5.74) is 1.84. The van der Waals surface area contributed by atoms with Crippen LogP contribution in [0.3, 0.4) is 0 Å². The summed E-state index contributed by atoms with van der Waals surface area (Å²) >= 11 is 0. The van der Waals surface area contributed by atoms with Gasteiger partial charge in [-0.25, -0.2) is 0 Å². The van der Waals surface area contributed by atoms with Crippen LogP contribution in [0, 0.1) is 18.8 Å². The van der Waals surface area contributed by atoms with Gasteiger partial charge in [0.1, 0.15) is 5.69 Å². The lowest BCUT2D eigenvalue weighted by Crippen LogP contribution is -2.36. The fourth-order valence-corrected chi connectivity index (χ4v) is 3.72. The van der Waals surface area contributed by atoms with Crippen LogP contribution in [0.1, 0.15) is 48.8 Å². The van der Waals surface area contributed by atoms with E-state index in [1.807, 2.05) is 13.8 Å². The molecule has 10 heteroatoms. The van der Waals surface area contributed by atoms with Crippen molar-refractivity contribution in [2.24, 2.45) is 18.9 Å². The average Bonchev–Trinajstić information content (AvgIpc) is 3.25. The van der Waals surface area contributed by atoms with Crippen molar-refractivity contribution in [1.82, 2.24) is 19.6 Å². The first-order valence-corrected chi connectivity index (χ1v) is 9.72. The van der Waals surface area contributed by atoms with E-state index in [2.05, 4.69) is 20.8 Å². The quantitative estimate of drug-likeness (QED) is 0.677. The van der Waals surface area contributed by atoms with Crippen molar-refractivity contribution in [2.75, 3.05) is 10.6 Å². The van der Waals surface area contributed by atoms with Gasteiger partial charge >= 0.3 is 5.97 Å². The summed E-state index contributed by atoms with van der Waals surface area (Å²) in [6.07, 6.45) is 5.58. The molecule has 2 amide bonds.